The van der Waals surface area contributed by atoms with Crippen molar-refractivity contribution < 1.29 is 18.5 Å². The third kappa shape index (κ3) is 4.03. The Kier molecular flexibility index (Phi) is 5.08. The van der Waals surface area contributed by atoms with Gasteiger partial charge >= 0.3 is 6.03 Å². The number of halogens is 2. The average Bonchev–Trinajstić information content (AvgIpc) is 2.46. The van der Waals surface area contributed by atoms with E-state index in [1.165, 1.54) is 24.3 Å². The first-order valence-corrected chi connectivity index (χ1v) is 7.05. The monoisotopic (exact) mass is 335 g/mol. The summed E-state index contributed by atoms with van der Waals surface area (Å²) >= 11 is 0. The zero-order valence-electron chi connectivity index (χ0n) is 13.0. The lowest BCUT2D eigenvalue weighted by Crippen LogP contribution is -2.31. The number of nitrogens with zero attached hydrogens (tertiary/aromatic N) is 1. The number of rotatable bonds is 4. The Bertz CT molecular complexity index is 796. The van der Waals surface area contributed by atoms with Crippen LogP contribution in [0.5, 0.6) is 0 Å². The molecule has 0 aliphatic heterocycles. The summed E-state index contributed by atoms with van der Waals surface area (Å²) in [7, 11) is 0. The highest BCUT2D eigenvalue weighted by atomic mass is 19.1. The van der Waals surface area contributed by atoms with Crippen molar-refractivity contribution in [2.45, 2.75) is 19.9 Å². The van der Waals surface area contributed by atoms with Gasteiger partial charge in [-0.1, -0.05) is 6.07 Å². The molecule has 2 aromatic carbocycles. The van der Waals surface area contributed by atoms with Crippen LogP contribution in [0.3, 0.4) is 0 Å². The van der Waals surface area contributed by atoms with E-state index < -0.39 is 28.6 Å². The van der Waals surface area contributed by atoms with Gasteiger partial charge in [0, 0.05) is 28.9 Å². The van der Waals surface area contributed by atoms with E-state index in [0.717, 1.165) is 12.1 Å². The molecule has 0 saturated carbocycles. The molecule has 2 rings (SSSR count). The van der Waals surface area contributed by atoms with Crippen LogP contribution in [0.4, 0.5) is 25.0 Å². The number of nitrogens with one attached hydrogen (secondary N) is 2. The third-order valence-corrected chi connectivity index (χ3v) is 3.43. The minimum atomic E-state index is -0.756. The fourth-order valence-corrected chi connectivity index (χ4v) is 2.23. The number of nitro benzene ring substituents is 1. The minimum Gasteiger partial charge on any atom is -0.331 e. The molecular formula is C16H15F2N3O3. The normalized spacial score (nSPS) is 11.7. The Morgan fingerprint density at radius 2 is 1.92 bits per heavy atom. The molecule has 2 amide bonds. The molecule has 2 aromatic rings. The summed E-state index contributed by atoms with van der Waals surface area (Å²) in [5.74, 6) is -1.46. The third-order valence-electron chi connectivity index (χ3n) is 3.43. The van der Waals surface area contributed by atoms with Gasteiger partial charge in [-0.15, -0.1) is 0 Å². The number of anilines is 1. The van der Waals surface area contributed by atoms with Crippen LogP contribution < -0.4 is 10.6 Å². The predicted molar refractivity (Wildman–Crippen MR) is 84.8 cm³/mol. The topological polar surface area (TPSA) is 84.3 Å². The minimum absolute atomic E-state index is 0.0530. The van der Waals surface area contributed by atoms with E-state index in [0.29, 0.717) is 11.3 Å². The summed E-state index contributed by atoms with van der Waals surface area (Å²) in [6.07, 6.45) is 0. The van der Waals surface area contributed by atoms with Gasteiger partial charge in [-0.3, -0.25) is 10.1 Å². The van der Waals surface area contributed by atoms with Gasteiger partial charge < -0.3 is 10.6 Å². The molecule has 6 nitrogen and oxygen atoms in total. The van der Waals surface area contributed by atoms with Crippen molar-refractivity contribution in [2.24, 2.45) is 0 Å². The largest absolute Gasteiger partial charge is 0.331 e. The lowest BCUT2D eigenvalue weighted by Gasteiger charge is -2.16. The summed E-state index contributed by atoms with van der Waals surface area (Å²) in [4.78, 5) is 22.2. The number of hydrogen-bond acceptors (Lipinski definition) is 3. The fraction of sp³-hybridized carbons (Fsp3) is 0.188. The van der Waals surface area contributed by atoms with Crippen LogP contribution in [0.15, 0.2) is 36.4 Å². The second kappa shape index (κ2) is 7.03. The molecule has 8 heteroatoms. The molecule has 0 aromatic heterocycles. The molecule has 126 valence electrons. The van der Waals surface area contributed by atoms with Crippen LogP contribution in [0.2, 0.25) is 0 Å². The van der Waals surface area contributed by atoms with Crippen molar-refractivity contribution in [1.82, 2.24) is 5.32 Å². The maximum absolute atomic E-state index is 13.7. The van der Waals surface area contributed by atoms with Crippen molar-refractivity contribution in [3.8, 4) is 0 Å². The summed E-state index contributed by atoms with van der Waals surface area (Å²) in [5, 5.41) is 15.8. The van der Waals surface area contributed by atoms with E-state index in [4.69, 9.17) is 0 Å². The van der Waals surface area contributed by atoms with Gasteiger partial charge in [0.05, 0.1) is 11.0 Å². The predicted octanol–water partition coefficient (Wildman–Crippen LogP) is 4.06. The highest BCUT2D eigenvalue weighted by Crippen LogP contribution is 2.22. The summed E-state index contributed by atoms with van der Waals surface area (Å²) in [5.41, 5.74) is 0.854. The van der Waals surface area contributed by atoms with Crippen molar-refractivity contribution in [2.75, 3.05) is 5.32 Å². The van der Waals surface area contributed by atoms with E-state index in [9.17, 15) is 23.7 Å². The summed E-state index contributed by atoms with van der Waals surface area (Å²) < 4.78 is 26.6. The van der Waals surface area contributed by atoms with Gasteiger partial charge in [0.25, 0.3) is 5.69 Å². The van der Waals surface area contributed by atoms with E-state index in [1.807, 2.05) is 0 Å². The molecule has 0 heterocycles. The van der Waals surface area contributed by atoms with Gasteiger partial charge in [-0.05, 0) is 32.0 Å². The first-order valence-electron chi connectivity index (χ1n) is 7.05. The highest BCUT2D eigenvalue weighted by Gasteiger charge is 2.15. The number of carbonyl (C=O) groups excluding carboxylic acids is 1. The molecule has 0 spiro atoms. The smallest absolute Gasteiger partial charge is 0.319 e. The average molecular weight is 335 g/mol. The van der Waals surface area contributed by atoms with Gasteiger partial charge in [-0.2, -0.15) is 0 Å². The Morgan fingerprint density at radius 1 is 1.21 bits per heavy atom. The number of aryl methyl sites for hydroxylation is 1. The maximum Gasteiger partial charge on any atom is 0.319 e. The molecule has 0 saturated heterocycles. The number of hydrogen-bond donors (Lipinski definition) is 2. The molecule has 0 bridgehead atoms. The quantitative estimate of drug-likeness (QED) is 0.652. The van der Waals surface area contributed by atoms with E-state index in [2.05, 4.69) is 10.6 Å². The van der Waals surface area contributed by atoms with Crippen LogP contribution in [0.25, 0.3) is 0 Å². The number of nitro groups is 1. The summed E-state index contributed by atoms with van der Waals surface area (Å²) in [6.45, 7) is 3.11. The van der Waals surface area contributed by atoms with E-state index in [1.54, 1.807) is 13.8 Å². The molecule has 0 aliphatic carbocycles. The number of carbonyl (C=O) groups is 1. The lowest BCUT2D eigenvalue weighted by atomic mass is 10.1. The first kappa shape index (κ1) is 17.3. The Balaban J connectivity index is 2.05. The number of amides is 2. The number of urea groups is 1. The van der Waals surface area contributed by atoms with Crippen LogP contribution in [0.1, 0.15) is 24.1 Å². The molecule has 1 atom stereocenters. The Labute approximate surface area is 136 Å². The second-order valence-corrected chi connectivity index (χ2v) is 5.24. The standard InChI is InChI=1S/C16H15F2N3O3/c1-9-7-12(4-6-15(9)21(23)24)20-16(22)19-10(2)13-5-3-11(17)8-14(13)18/h3-8,10H,1-2H3,(H2,19,20,22). The van der Waals surface area contributed by atoms with Gasteiger partial charge in [0.2, 0.25) is 0 Å². The zero-order chi connectivity index (χ0) is 17.9. The second-order valence-electron chi connectivity index (χ2n) is 5.24. The van der Waals surface area contributed by atoms with Crippen LogP contribution >= 0.6 is 0 Å². The SMILES string of the molecule is Cc1cc(NC(=O)NC(C)c2ccc(F)cc2F)ccc1[N+](=O)[O-]. The molecule has 0 radical (unpaired) electrons. The molecule has 1 unspecified atom stereocenters. The molecular weight excluding hydrogens is 320 g/mol. The van der Waals surface area contributed by atoms with Gasteiger partial charge in [-0.25, -0.2) is 13.6 Å². The van der Waals surface area contributed by atoms with Gasteiger partial charge in [0.15, 0.2) is 0 Å². The van der Waals surface area contributed by atoms with Crippen molar-refractivity contribution >= 4 is 17.4 Å². The van der Waals surface area contributed by atoms with Crippen LogP contribution in [0, 0.1) is 28.7 Å². The van der Waals surface area contributed by atoms with Crippen molar-refractivity contribution in [3.63, 3.8) is 0 Å². The molecule has 2 N–H and O–H groups in total. The van der Waals surface area contributed by atoms with E-state index >= 15 is 0 Å². The maximum atomic E-state index is 13.7. The van der Waals surface area contributed by atoms with Crippen LogP contribution in [-0.4, -0.2) is 11.0 Å². The highest BCUT2D eigenvalue weighted by molar-refractivity contribution is 5.89. The van der Waals surface area contributed by atoms with Gasteiger partial charge in [0.1, 0.15) is 11.6 Å². The molecule has 0 fully saturated rings. The Hall–Kier alpha value is -3.03. The zero-order valence-corrected chi connectivity index (χ0v) is 13.0. The fourth-order valence-electron chi connectivity index (χ4n) is 2.23. The molecule has 24 heavy (non-hydrogen) atoms. The van der Waals surface area contributed by atoms with Crippen molar-refractivity contribution in [1.29, 1.82) is 0 Å². The summed E-state index contributed by atoms with van der Waals surface area (Å²) in [6, 6.07) is 5.94. The van der Waals surface area contributed by atoms with E-state index in [-0.39, 0.29) is 11.3 Å². The lowest BCUT2D eigenvalue weighted by molar-refractivity contribution is -0.385. The first-order chi connectivity index (χ1) is 11.3. The molecule has 0 aliphatic rings. The van der Waals surface area contributed by atoms with Crippen LogP contribution in [-0.2, 0) is 0 Å². The van der Waals surface area contributed by atoms with Crippen molar-refractivity contribution in [3.05, 3.63) is 69.3 Å². The number of benzene rings is 2. The Morgan fingerprint density at radius 3 is 2.50 bits per heavy atom.